The second-order valence-electron chi connectivity index (χ2n) is 8.84. The highest BCUT2D eigenvalue weighted by Crippen LogP contribution is 2.45. The van der Waals surface area contributed by atoms with Gasteiger partial charge in [0.1, 0.15) is 28.7 Å². The maximum Gasteiger partial charge on any atom is 0.256 e. The van der Waals surface area contributed by atoms with Crippen molar-refractivity contribution < 1.29 is 4.79 Å². The van der Waals surface area contributed by atoms with Crippen molar-refractivity contribution >= 4 is 23.1 Å². The number of fused-ring (bicyclic) bond motifs is 2. The molecular weight excluding hydrogens is 414 g/mol. The highest BCUT2D eigenvalue weighted by molar-refractivity contribution is 6.04. The average Bonchev–Trinajstić information content (AvgIpc) is 3.55. The van der Waals surface area contributed by atoms with Crippen LogP contribution in [0.3, 0.4) is 0 Å². The van der Waals surface area contributed by atoms with Crippen LogP contribution in [0, 0.1) is 11.8 Å². The Labute approximate surface area is 191 Å². The van der Waals surface area contributed by atoms with Crippen LogP contribution >= 0.6 is 0 Å². The predicted octanol–water partition coefficient (Wildman–Crippen LogP) is 3.69. The molecule has 166 valence electrons. The molecule has 8 nitrogen and oxygen atoms in total. The number of nitrogens with two attached hydrogens (primary N) is 1. The lowest BCUT2D eigenvalue weighted by Crippen LogP contribution is -2.20. The normalized spacial score (nSPS) is 21.9. The van der Waals surface area contributed by atoms with E-state index in [0.29, 0.717) is 23.1 Å². The van der Waals surface area contributed by atoms with Gasteiger partial charge in [0.05, 0.1) is 6.04 Å². The molecule has 1 aliphatic heterocycles. The molecule has 4 heterocycles. The van der Waals surface area contributed by atoms with Crippen molar-refractivity contribution in [2.75, 3.05) is 17.6 Å². The van der Waals surface area contributed by atoms with Gasteiger partial charge in [-0.2, -0.15) is 0 Å². The van der Waals surface area contributed by atoms with Gasteiger partial charge in [-0.3, -0.25) is 9.20 Å². The summed E-state index contributed by atoms with van der Waals surface area (Å²) < 4.78 is 2.08. The average molecular weight is 440 g/mol. The van der Waals surface area contributed by atoms with Crippen LogP contribution in [0.4, 0.5) is 11.6 Å². The minimum Gasteiger partial charge on any atom is -0.382 e. The molecule has 6 rings (SSSR count). The van der Waals surface area contributed by atoms with Crippen LogP contribution in [0.25, 0.3) is 16.8 Å². The van der Waals surface area contributed by atoms with Crippen molar-refractivity contribution in [3.8, 4) is 11.3 Å². The van der Waals surface area contributed by atoms with Crippen molar-refractivity contribution in [2.45, 2.75) is 25.3 Å². The van der Waals surface area contributed by atoms with Crippen LogP contribution < -0.4 is 16.4 Å². The van der Waals surface area contributed by atoms with Gasteiger partial charge in [-0.05, 0) is 55.5 Å². The second-order valence-corrected chi connectivity index (χ2v) is 8.84. The van der Waals surface area contributed by atoms with Crippen LogP contribution in [0.1, 0.15) is 41.5 Å². The van der Waals surface area contributed by atoms with Gasteiger partial charge in [0.25, 0.3) is 5.91 Å². The lowest BCUT2D eigenvalue weighted by molar-refractivity contribution is 0.102. The first-order chi connectivity index (χ1) is 16.2. The van der Waals surface area contributed by atoms with E-state index in [9.17, 15) is 4.79 Å². The van der Waals surface area contributed by atoms with Gasteiger partial charge < -0.3 is 16.4 Å². The highest BCUT2D eigenvalue weighted by atomic mass is 16.1. The smallest absolute Gasteiger partial charge is 0.256 e. The van der Waals surface area contributed by atoms with Crippen LogP contribution in [-0.4, -0.2) is 31.8 Å². The van der Waals surface area contributed by atoms with Crippen LogP contribution in [0.15, 0.2) is 61.1 Å². The molecule has 1 amide bonds. The van der Waals surface area contributed by atoms with Crippen molar-refractivity contribution in [1.82, 2.24) is 24.7 Å². The fourth-order valence-corrected chi connectivity index (χ4v) is 5.38. The van der Waals surface area contributed by atoms with E-state index < -0.39 is 0 Å². The first-order valence-electron chi connectivity index (χ1n) is 11.4. The van der Waals surface area contributed by atoms with Crippen LogP contribution in [0.5, 0.6) is 0 Å². The fourth-order valence-electron chi connectivity index (χ4n) is 5.38. The third kappa shape index (κ3) is 3.43. The minimum absolute atomic E-state index is 0.209. The van der Waals surface area contributed by atoms with E-state index >= 15 is 0 Å². The number of hydrogen-bond donors (Lipinski definition) is 3. The number of amides is 1. The Morgan fingerprint density at radius 1 is 1.09 bits per heavy atom. The van der Waals surface area contributed by atoms with Crippen LogP contribution in [0.2, 0.25) is 0 Å². The number of imidazole rings is 1. The number of pyridine rings is 1. The van der Waals surface area contributed by atoms with E-state index in [2.05, 4.69) is 25.0 Å². The van der Waals surface area contributed by atoms with Crippen molar-refractivity contribution in [3.05, 3.63) is 72.4 Å². The summed E-state index contributed by atoms with van der Waals surface area (Å²) in [6.45, 7) is 1.04. The molecule has 4 aromatic rings. The zero-order valence-electron chi connectivity index (χ0n) is 18.1. The number of anilines is 2. The summed E-state index contributed by atoms with van der Waals surface area (Å²) in [7, 11) is 0. The number of hydrogen-bond acceptors (Lipinski definition) is 6. The maximum atomic E-state index is 12.6. The molecule has 2 fully saturated rings. The van der Waals surface area contributed by atoms with E-state index in [4.69, 9.17) is 10.7 Å². The van der Waals surface area contributed by atoms with Crippen LogP contribution in [-0.2, 0) is 0 Å². The van der Waals surface area contributed by atoms with Crippen molar-refractivity contribution in [2.24, 2.45) is 11.8 Å². The molecular formula is C25H25N7O. The first kappa shape index (κ1) is 19.9. The molecule has 4 N–H and O–H groups in total. The maximum absolute atomic E-state index is 12.6. The zero-order chi connectivity index (χ0) is 22.4. The number of aromatic nitrogens is 4. The molecule has 1 saturated carbocycles. The predicted molar refractivity (Wildman–Crippen MR) is 127 cm³/mol. The Bertz CT molecular complexity index is 1320. The zero-order valence-corrected chi connectivity index (χ0v) is 18.1. The minimum atomic E-state index is -0.209. The van der Waals surface area contributed by atoms with Gasteiger partial charge in [-0.1, -0.05) is 24.6 Å². The first-order valence-corrected chi connectivity index (χ1v) is 11.4. The van der Waals surface area contributed by atoms with E-state index in [0.717, 1.165) is 35.1 Å². The lowest BCUT2D eigenvalue weighted by Gasteiger charge is -2.17. The summed E-state index contributed by atoms with van der Waals surface area (Å²) in [4.78, 5) is 26.1. The number of carbonyl (C=O) groups excluding carboxylic acids is 1. The van der Waals surface area contributed by atoms with Gasteiger partial charge in [0.2, 0.25) is 0 Å². The van der Waals surface area contributed by atoms with E-state index in [1.54, 1.807) is 30.6 Å². The number of benzene rings is 1. The van der Waals surface area contributed by atoms with Gasteiger partial charge in [0, 0.05) is 29.7 Å². The molecule has 1 aliphatic carbocycles. The molecule has 33 heavy (non-hydrogen) atoms. The lowest BCUT2D eigenvalue weighted by atomic mass is 9.94. The Morgan fingerprint density at radius 2 is 1.97 bits per heavy atom. The fraction of sp³-hybridized carbons (Fsp3) is 0.280. The van der Waals surface area contributed by atoms with E-state index in [1.165, 1.54) is 19.3 Å². The van der Waals surface area contributed by atoms with Gasteiger partial charge in [0.15, 0.2) is 0 Å². The molecule has 2 unspecified atom stereocenters. The third-order valence-corrected chi connectivity index (χ3v) is 6.96. The van der Waals surface area contributed by atoms with Gasteiger partial charge >= 0.3 is 0 Å². The number of nitrogens with one attached hydrogen (secondary N) is 2. The summed E-state index contributed by atoms with van der Waals surface area (Å²) in [5.74, 6) is 3.07. The Hall–Kier alpha value is -3.78. The van der Waals surface area contributed by atoms with E-state index in [-0.39, 0.29) is 11.9 Å². The van der Waals surface area contributed by atoms with E-state index in [1.807, 2.05) is 30.5 Å². The number of nitrogen functional groups attached to an aromatic ring is 1. The Balaban J connectivity index is 1.35. The molecule has 1 aromatic carbocycles. The Morgan fingerprint density at radius 3 is 2.79 bits per heavy atom. The summed E-state index contributed by atoms with van der Waals surface area (Å²) in [5, 5.41) is 6.51. The van der Waals surface area contributed by atoms with Gasteiger partial charge in [-0.25, -0.2) is 15.0 Å². The molecule has 3 atom stereocenters. The summed E-state index contributed by atoms with van der Waals surface area (Å²) in [6.07, 6.45) is 9.11. The molecule has 8 heteroatoms. The van der Waals surface area contributed by atoms with Crippen molar-refractivity contribution in [3.63, 3.8) is 0 Å². The van der Waals surface area contributed by atoms with Crippen molar-refractivity contribution in [1.29, 1.82) is 0 Å². The standard InChI is InChI=1S/C25H25N7O/c26-23-22-20(15-7-9-16(10-8-15)25(33)30-19-6-1-2-11-27-19)31-24(32(22)13-12-28-23)21-18-5-3-4-17(18)14-29-21/h1-2,6-13,17-18,21,29H,3-5,14H2,(H2,26,28)(H,27,30,33)/t17?,18?,21-/m0/s1. The molecule has 0 bridgehead atoms. The number of carbonyl (C=O) groups is 1. The molecule has 2 aliphatic rings. The number of nitrogens with zero attached hydrogens (tertiary/aromatic N) is 4. The molecule has 3 aromatic heterocycles. The SMILES string of the molecule is Nc1nccn2c([C@H]3NCC4CCCC43)nc(-c3ccc(C(=O)Nc4ccccn4)cc3)c12. The second kappa shape index (κ2) is 7.97. The Kier molecular flexibility index (Phi) is 4.80. The summed E-state index contributed by atoms with van der Waals surface area (Å²) >= 11 is 0. The largest absolute Gasteiger partial charge is 0.382 e. The topological polar surface area (TPSA) is 110 Å². The molecule has 0 radical (unpaired) electrons. The summed E-state index contributed by atoms with van der Waals surface area (Å²) in [5.41, 5.74) is 9.35. The summed E-state index contributed by atoms with van der Waals surface area (Å²) in [6, 6.07) is 13.0. The monoisotopic (exact) mass is 439 g/mol. The molecule has 1 saturated heterocycles. The quantitative estimate of drug-likeness (QED) is 0.447. The highest BCUT2D eigenvalue weighted by Gasteiger charge is 2.41. The molecule has 0 spiro atoms. The number of rotatable bonds is 4. The third-order valence-electron chi connectivity index (χ3n) is 6.96. The van der Waals surface area contributed by atoms with Gasteiger partial charge in [-0.15, -0.1) is 0 Å².